The summed E-state index contributed by atoms with van der Waals surface area (Å²) < 4.78 is 13.8. The second-order valence-corrected chi connectivity index (χ2v) is 15.5. The molecule has 2 fully saturated rings. The average molecular weight is 668 g/mol. The monoisotopic (exact) mass is 668 g/mol. The van der Waals surface area contributed by atoms with Crippen molar-refractivity contribution in [1.29, 1.82) is 0 Å². The predicted molar refractivity (Wildman–Crippen MR) is 212 cm³/mol. The fourth-order valence-electron chi connectivity index (χ4n) is 7.64. The van der Waals surface area contributed by atoms with Crippen LogP contribution in [0.3, 0.4) is 0 Å². The molecule has 4 atom stereocenters. The maximum absolute atomic E-state index is 6.94. The van der Waals surface area contributed by atoms with Crippen LogP contribution in [0.5, 0.6) is 0 Å². The zero-order chi connectivity index (χ0) is 34.4. The normalized spacial score (nSPS) is 23.2. The predicted octanol–water partition coefficient (Wildman–Crippen LogP) is 13.8. The van der Waals surface area contributed by atoms with Gasteiger partial charge in [-0.05, 0) is 110 Å². The number of ether oxygens (including phenoxy) is 2. The first-order valence-corrected chi connectivity index (χ1v) is 21.2. The molecule has 0 N–H and O–H groups in total. The molecule has 1 saturated heterocycles. The topological polar surface area (TPSA) is 21.7 Å². The minimum absolute atomic E-state index is 0.312. The SMILES string of the molecule is CCCC/C=C\C/C=C\CCCCCCCCC1(CCCCCCCC/C=C\C/C=C\CCCCC)OC2CCC(CN(C)C)CC2O1. The van der Waals surface area contributed by atoms with Crippen LogP contribution in [0.15, 0.2) is 48.6 Å². The summed E-state index contributed by atoms with van der Waals surface area (Å²) >= 11 is 0. The maximum atomic E-state index is 6.94. The lowest BCUT2D eigenvalue weighted by Crippen LogP contribution is -2.35. The molecule has 278 valence electrons. The van der Waals surface area contributed by atoms with Crippen molar-refractivity contribution in [2.75, 3.05) is 20.6 Å². The Hall–Kier alpha value is -1.16. The van der Waals surface area contributed by atoms with Crippen LogP contribution in [-0.4, -0.2) is 43.5 Å². The molecule has 2 rings (SSSR count). The second-order valence-electron chi connectivity index (χ2n) is 15.5. The van der Waals surface area contributed by atoms with Crippen molar-refractivity contribution in [3.63, 3.8) is 0 Å². The van der Waals surface area contributed by atoms with Gasteiger partial charge in [0, 0.05) is 19.4 Å². The van der Waals surface area contributed by atoms with Crippen molar-refractivity contribution < 1.29 is 9.47 Å². The van der Waals surface area contributed by atoms with Crippen LogP contribution in [0.25, 0.3) is 0 Å². The Morgan fingerprint density at radius 2 is 0.938 bits per heavy atom. The quantitative estimate of drug-likeness (QED) is 0.0542. The third-order valence-electron chi connectivity index (χ3n) is 10.5. The number of unbranched alkanes of at least 4 members (excludes halogenated alkanes) is 17. The van der Waals surface area contributed by atoms with Crippen LogP contribution in [0, 0.1) is 5.92 Å². The van der Waals surface area contributed by atoms with Crippen molar-refractivity contribution in [3.8, 4) is 0 Å². The molecule has 0 bridgehead atoms. The van der Waals surface area contributed by atoms with Crippen molar-refractivity contribution in [2.45, 2.75) is 212 Å². The summed E-state index contributed by atoms with van der Waals surface area (Å²) in [6.45, 7) is 5.71. The Balaban J connectivity index is 1.62. The minimum Gasteiger partial charge on any atom is -0.344 e. The smallest absolute Gasteiger partial charge is 0.169 e. The largest absolute Gasteiger partial charge is 0.344 e. The van der Waals surface area contributed by atoms with Gasteiger partial charge in [-0.2, -0.15) is 0 Å². The summed E-state index contributed by atoms with van der Waals surface area (Å²) in [5, 5.41) is 0. The number of rotatable bonds is 31. The van der Waals surface area contributed by atoms with Gasteiger partial charge in [0.15, 0.2) is 5.79 Å². The van der Waals surface area contributed by atoms with E-state index in [1.165, 1.54) is 161 Å². The van der Waals surface area contributed by atoms with Gasteiger partial charge in [-0.1, -0.05) is 140 Å². The molecule has 3 heteroatoms. The van der Waals surface area contributed by atoms with E-state index in [-0.39, 0.29) is 5.79 Å². The van der Waals surface area contributed by atoms with E-state index in [0.29, 0.717) is 12.2 Å². The van der Waals surface area contributed by atoms with Gasteiger partial charge in [0.1, 0.15) is 0 Å². The number of hydrogen-bond donors (Lipinski definition) is 0. The fourth-order valence-corrected chi connectivity index (χ4v) is 7.64. The summed E-state index contributed by atoms with van der Waals surface area (Å²) in [6, 6.07) is 0. The van der Waals surface area contributed by atoms with Crippen LogP contribution in [-0.2, 0) is 9.47 Å². The van der Waals surface area contributed by atoms with E-state index in [2.05, 4.69) is 81.5 Å². The molecule has 0 spiro atoms. The van der Waals surface area contributed by atoms with E-state index >= 15 is 0 Å². The Morgan fingerprint density at radius 1 is 0.500 bits per heavy atom. The molecular formula is C45H81NO2. The second kappa shape index (κ2) is 29.6. The van der Waals surface area contributed by atoms with Gasteiger partial charge in [-0.15, -0.1) is 0 Å². The first kappa shape index (κ1) is 43.0. The zero-order valence-corrected chi connectivity index (χ0v) is 32.6. The Kier molecular flexibility index (Phi) is 26.5. The Bertz CT molecular complexity index is 844. The number of fused-ring (bicyclic) bond motifs is 1. The summed E-state index contributed by atoms with van der Waals surface area (Å²) in [5.74, 6) is 0.438. The van der Waals surface area contributed by atoms with Gasteiger partial charge in [0.05, 0.1) is 12.2 Å². The lowest BCUT2D eigenvalue weighted by atomic mass is 9.85. The van der Waals surface area contributed by atoms with E-state index in [4.69, 9.17) is 9.47 Å². The van der Waals surface area contributed by atoms with E-state index in [1.54, 1.807) is 0 Å². The summed E-state index contributed by atoms with van der Waals surface area (Å²) in [5.41, 5.74) is 0. The molecule has 0 radical (unpaired) electrons. The summed E-state index contributed by atoms with van der Waals surface area (Å²) in [4.78, 5) is 2.35. The summed E-state index contributed by atoms with van der Waals surface area (Å²) in [7, 11) is 4.41. The van der Waals surface area contributed by atoms with Gasteiger partial charge < -0.3 is 14.4 Å². The third kappa shape index (κ3) is 21.8. The number of nitrogens with zero attached hydrogens (tertiary/aromatic N) is 1. The van der Waals surface area contributed by atoms with Crippen molar-refractivity contribution in [2.24, 2.45) is 5.92 Å². The maximum Gasteiger partial charge on any atom is 0.169 e. The Labute approximate surface area is 300 Å². The third-order valence-corrected chi connectivity index (χ3v) is 10.5. The highest BCUT2D eigenvalue weighted by Gasteiger charge is 2.48. The highest BCUT2D eigenvalue weighted by Crippen LogP contribution is 2.44. The minimum atomic E-state index is -0.312. The molecule has 0 amide bonds. The van der Waals surface area contributed by atoms with Gasteiger partial charge in [-0.25, -0.2) is 0 Å². The molecule has 1 saturated carbocycles. The van der Waals surface area contributed by atoms with Crippen molar-refractivity contribution >= 4 is 0 Å². The summed E-state index contributed by atoms with van der Waals surface area (Å²) in [6.07, 6.45) is 55.0. The number of hydrogen-bond acceptors (Lipinski definition) is 3. The van der Waals surface area contributed by atoms with E-state index in [9.17, 15) is 0 Å². The average Bonchev–Trinajstić information content (AvgIpc) is 3.43. The molecule has 0 aromatic heterocycles. The molecule has 1 aliphatic heterocycles. The van der Waals surface area contributed by atoms with E-state index in [0.717, 1.165) is 31.6 Å². The zero-order valence-electron chi connectivity index (χ0n) is 32.6. The van der Waals surface area contributed by atoms with E-state index in [1.807, 2.05) is 0 Å². The molecular weight excluding hydrogens is 587 g/mol. The van der Waals surface area contributed by atoms with Gasteiger partial charge in [0.2, 0.25) is 0 Å². The molecule has 48 heavy (non-hydrogen) atoms. The van der Waals surface area contributed by atoms with Crippen LogP contribution in [0.1, 0.15) is 194 Å². The standard InChI is InChI=1S/C45H81NO2/c1-5-7-9-11-13-15-17-19-21-23-25-27-29-31-33-35-39-45(47-43-37-36-42(41-46(3)4)40-44(43)48-45)38-34-32-30-28-26-24-22-20-18-16-14-12-10-8-6-2/h12-15,18-21,42-44H,5-11,16-17,22-41H2,1-4H3/b14-12-,15-13-,20-18-,21-19-. The molecule has 1 heterocycles. The molecule has 0 aromatic carbocycles. The highest BCUT2D eigenvalue weighted by molar-refractivity contribution is 4.94. The first-order chi connectivity index (χ1) is 23.6. The molecule has 2 aliphatic rings. The fraction of sp³-hybridized carbons (Fsp3) is 0.822. The van der Waals surface area contributed by atoms with Gasteiger partial charge in [0.25, 0.3) is 0 Å². The Morgan fingerprint density at radius 3 is 1.44 bits per heavy atom. The molecule has 3 nitrogen and oxygen atoms in total. The van der Waals surface area contributed by atoms with Gasteiger partial charge >= 0.3 is 0 Å². The number of allylic oxidation sites excluding steroid dienone is 8. The van der Waals surface area contributed by atoms with Gasteiger partial charge in [-0.3, -0.25) is 0 Å². The lowest BCUT2D eigenvalue weighted by molar-refractivity contribution is -0.186. The molecule has 4 unspecified atom stereocenters. The van der Waals surface area contributed by atoms with Crippen molar-refractivity contribution in [1.82, 2.24) is 4.90 Å². The van der Waals surface area contributed by atoms with Crippen LogP contribution in [0.4, 0.5) is 0 Å². The van der Waals surface area contributed by atoms with E-state index < -0.39 is 0 Å². The van der Waals surface area contributed by atoms with Crippen LogP contribution in [0.2, 0.25) is 0 Å². The van der Waals surface area contributed by atoms with Crippen molar-refractivity contribution in [3.05, 3.63) is 48.6 Å². The van der Waals surface area contributed by atoms with Crippen LogP contribution >= 0.6 is 0 Å². The first-order valence-electron chi connectivity index (χ1n) is 21.2. The lowest BCUT2D eigenvalue weighted by Gasteiger charge is -2.31. The molecule has 0 aromatic rings. The molecule has 1 aliphatic carbocycles. The van der Waals surface area contributed by atoms with Crippen LogP contribution < -0.4 is 0 Å². The highest BCUT2D eigenvalue weighted by atomic mass is 16.8.